The van der Waals surface area contributed by atoms with E-state index in [-0.39, 0.29) is 17.2 Å². The van der Waals surface area contributed by atoms with E-state index in [9.17, 15) is 4.79 Å². The minimum atomic E-state index is -0.112. The van der Waals surface area contributed by atoms with Crippen molar-refractivity contribution in [1.82, 2.24) is 4.98 Å². The smallest absolute Gasteiger partial charge is 0.188 e. The molecule has 0 unspecified atom stereocenters. The molecule has 0 aliphatic carbocycles. The number of carbonyl (C=O) groups is 1. The summed E-state index contributed by atoms with van der Waals surface area (Å²) in [6, 6.07) is 4.67. The molecule has 0 aliphatic rings. The third-order valence-corrected chi connectivity index (χ3v) is 1.26. The van der Waals surface area contributed by atoms with Crippen LogP contribution in [0.25, 0.3) is 0 Å². The first-order valence-electron chi connectivity index (χ1n) is 3.18. The summed E-state index contributed by atoms with van der Waals surface area (Å²) >= 11 is 0. The number of aromatic nitrogens is 1. The van der Waals surface area contributed by atoms with E-state index in [1.165, 1.54) is 6.07 Å². The standard InChI is InChI=1S/C7H7N3O2/c8-7(10-12)6-3-1-2-5(4-11)9-6/h1-4,12H,(H2,8,10). The van der Waals surface area contributed by atoms with Crippen LogP contribution in [0.1, 0.15) is 16.2 Å². The van der Waals surface area contributed by atoms with E-state index in [0.717, 1.165) is 0 Å². The van der Waals surface area contributed by atoms with Gasteiger partial charge in [-0.1, -0.05) is 11.2 Å². The number of oxime groups is 1. The molecule has 0 atom stereocenters. The van der Waals surface area contributed by atoms with Crippen molar-refractivity contribution in [2.75, 3.05) is 0 Å². The average Bonchev–Trinajstić information content (AvgIpc) is 2.17. The largest absolute Gasteiger partial charge is 0.409 e. The van der Waals surface area contributed by atoms with Crippen molar-refractivity contribution in [2.45, 2.75) is 0 Å². The van der Waals surface area contributed by atoms with Crippen LogP contribution in [0.2, 0.25) is 0 Å². The second kappa shape index (κ2) is 3.47. The Balaban J connectivity index is 3.10. The lowest BCUT2D eigenvalue weighted by molar-refractivity contribution is 0.111. The predicted octanol–water partition coefficient (Wildman–Crippen LogP) is -0.0114. The zero-order chi connectivity index (χ0) is 8.97. The molecule has 1 heterocycles. The van der Waals surface area contributed by atoms with Crippen molar-refractivity contribution in [1.29, 1.82) is 0 Å². The van der Waals surface area contributed by atoms with E-state index in [0.29, 0.717) is 6.29 Å². The molecule has 0 aliphatic heterocycles. The van der Waals surface area contributed by atoms with E-state index < -0.39 is 0 Å². The van der Waals surface area contributed by atoms with Crippen LogP contribution in [0, 0.1) is 0 Å². The SMILES string of the molecule is N/C(=N\O)c1cccc(C=O)n1. The lowest BCUT2D eigenvalue weighted by atomic mass is 10.3. The van der Waals surface area contributed by atoms with Crippen LogP contribution in [-0.4, -0.2) is 22.3 Å². The fourth-order valence-corrected chi connectivity index (χ4v) is 0.711. The molecular formula is C7H7N3O2. The molecule has 1 rings (SSSR count). The van der Waals surface area contributed by atoms with Gasteiger partial charge in [-0.2, -0.15) is 0 Å². The number of amidine groups is 1. The van der Waals surface area contributed by atoms with Gasteiger partial charge in [0.05, 0.1) is 0 Å². The summed E-state index contributed by atoms with van der Waals surface area (Å²) < 4.78 is 0. The van der Waals surface area contributed by atoms with Gasteiger partial charge in [0, 0.05) is 0 Å². The van der Waals surface area contributed by atoms with Crippen LogP contribution < -0.4 is 5.73 Å². The molecule has 1 aromatic rings. The minimum Gasteiger partial charge on any atom is -0.409 e. The van der Waals surface area contributed by atoms with Gasteiger partial charge in [-0.15, -0.1) is 0 Å². The van der Waals surface area contributed by atoms with Gasteiger partial charge in [0.2, 0.25) is 0 Å². The van der Waals surface area contributed by atoms with Gasteiger partial charge in [-0.25, -0.2) is 4.98 Å². The Bertz CT molecular complexity index is 322. The Morgan fingerprint density at radius 2 is 2.42 bits per heavy atom. The molecule has 62 valence electrons. The molecule has 0 spiro atoms. The van der Waals surface area contributed by atoms with Crippen LogP contribution in [-0.2, 0) is 0 Å². The van der Waals surface area contributed by atoms with Gasteiger partial charge in [0.1, 0.15) is 11.4 Å². The quantitative estimate of drug-likeness (QED) is 0.212. The van der Waals surface area contributed by atoms with Gasteiger partial charge >= 0.3 is 0 Å². The first-order chi connectivity index (χ1) is 5.77. The van der Waals surface area contributed by atoms with Gasteiger partial charge in [-0.05, 0) is 12.1 Å². The zero-order valence-electron chi connectivity index (χ0n) is 6.14. The number of pyridine rings is 1. The third kappa shape index (κ3) is 1.57. The topological polar surface area (TPSA) is 88.6 Å². The van der Waals surface area contributed by atoms with Crippen LogP contribution >= 0.6 is 0 Å². The van der Waals surface area contributed by atoms with Crippen molar-refractivity contribution in [3.8, 4) is 0 Å². The van der Waals surface area contributed by atoms with Crippen molar-refractivity contribution >= 4 is 12.1 Å². The molecule has 0 fully saturated rings. The van der Waals surface area contributed by atoms with Crippen LogP contribution in [0.4, 0.5) is 0 Å². The zero-order valence-corrected chi connectivity index (χ0v) is 6.14. The number of nitrogens with two attached hydrogens (primary N) is 1. The molecule has 1 aromatic heterocycles. The number of nitrogens with zero attached hydrogens (tertiary/aromatic N) is 2. The Hall–Kier alpha value is -1.91. The van der Waals surface area contributed by atoms with Crippen LogP contribution in [0.3, 0.4) is 0 Å². The number of carbonyl (C=O) groups excluding carboxylic acids is 1. The highest BCUT2D eigenvalue weighted by Gasteiger charge is 2.00. The summed E-state index contributed by atoms with van der Waals surface area (Å²) in [6.07, 6.45) is 0.591. The normalized spacial score (nSPS) is 11.2. The number of rotatable bonds is 2. The first kappa shape index (κ1) is 8.19. The molecule has 12 heavy (non-hydrogen) atoms. The summed E-state index contributed by atoms with van der Waals surface area (Å²) in [5, 5.41) is 11.0. The van der Waals surface area contributed by atoms with Crippen LogP contribution in [0.15, 0.2) is 23.4 Å². The lowest BCUT2D eigenvalue weighted by Gasteiger charge is -1.96. The molecular weight excluding hydrogens is 158 g/mol. The number of hydrogen-bond donors (Lipinski definition) is 2. The second-order valence-corrected chi connectivity index (χ2v) is 2.05. The summed E-state index contributed by atoms with van der Waals surface area (Å²) in [6.45, 7) is 0. The summed E-state index contributed by atoms with van der Waals surface area (Å²) in [5.74, 6) is -0.112. The van der Waals surface area contributed by atoms with E-state index in [2.05, 4.69) is 10.1 Å². The summed E-state index contributed by atoms with van der Waals surface area (Å²) in [4.78, 5) is 14.0. The maximum atomic E-state index is 10.3. The molecule has 0 aromatic carbocycles. The average molecular weight is 165 g/mol. The second-order valence-electron chi connectivity index (χ2n) is 2.05. The molecule has 5 nitrogen and oxygen atoms in total. The van der Waals surface area contributed by atoms with Crippen molar-refractivity contribution in [3.05, 3.63) is 29.6 Å². The minimum absolute atomic E-state index is 0.112. The highest BCUT2D eigenvalue weighted by molar-refractivity contribution is 5.95. The Kier molecular flexibility index (Phi) is 2.37. The van der Waals surface area contributed by atoms with Gasteiger partial charge in [-0.3, -0.25) is 4.79 Å². The van der Waals surface area contributed by atoms with E-state index in [1.54, 1.807) is 12.1 Å². The summed E-state index contributed by atoms with van der Waals surface area (Å²) in [5.41, 5.74) is 5.77. The Morgan fingerprint density at radius 3 is 3.00 bits per heavy atom. The van der Waals surface area contributed by atoms with Crippen molar-refractivity contribution in [2.24, 2.45) is 10.9 Å². The highest BCUT2D eigenvalue weighted by atomic mass is 16.4. The van der Waals surface area contributed by atoms with E-state index in [4.69, 9.17) is 10.9 Å². The van der Waals surface area contributed by atoms with Crippen molar-refractivity contribution < 1.29 is 10.0 Å². The predicted molar refractivity (Wildman–Crippen MR) is 42.1 cm³/mol. The van der Waals surface area contributed by atoms with E-state index >= 15 is 0 Å². The maximum absolute atomic E-state index is 10.3. The number of hydrogen-bond acceptors (Lipinski definition) is 4. The van der Waals surface area contributed by atoms with Crippen LogP contribution in [0.5, 0.6) is 0 Å². The Labute approximate surface area is 68.5 Å². The highest BCUT2D eigenvalue weighted by Crippen LogP contribution is 1.96. The molecule has 0 amide bonds. The first-order valence-corrected chi connectivity index (χ1v) is 3.18. The fraction of sp³-hybridized carbons (Fsp3) is 0. The molecule has 0 radical (unpaired) electrons. The van der Waals surface area contributed by atoms with Gasteiger partial charge < -0.3 is 10.9 Å². The summed E-state index contributed by atoms with van der Waals surface area (Å²) in [7, 11) is 0. The maximum Gasteiger partial charge on any atom is 0.188 e. The van der Waals surface area contributed by atoms with Gasteiger partial charge in [0.25, 0.3) is 0 Å². The molecule has 0 saturated heterocycles. The lowest BCUT2D eigenvalue weighted by Crippen LogP contribution is -2.15. The molecule has 0 saturated carbocycles. The monoisotopic (exact) mass is 165 g/mol. The third-order valence-electron chi connectivity index (χ3n) is 1.26. The fourth-order valence-electron chi connectivity index (χ4n) is 0.711. The van der Waals surface area contributed by atoms with E-state index in [1.807, 2.05) is 0 Å². The number of aldehydes is 1. The molecule has 5 heteroatoms. The van der Waals surface area contributed by atoms with Crippen molar-refractivity contribution in [3.63, 3.8) is 0 Å². The van der Waals surface area contributed by atoms with Gasteiger partial charge in [0.15, 0.2) is 12.1 Å². The Morgan fingerprint density at radius 1 is 1.67 bits per heavy atom. The molecule has 3 N–H and O–H groups in total. The molecule has 0 bridgehead atoms.